The van der Waals surface area contributed by atoms with Crippen molar-refractivity contribution in [2.45, 2.75) is 19.3 Å². The number of nitrogens with one attached hydrogen (secondary N) is 2. The summed E-state index contributed by atoms with van der Waals surface area (Å²) in [6.07, 6.45) is 1.96. The summed E-state index contributed by atoms with van der Waals surface area (Å²) >= 11 is 0. The van der Waals surface area contributed by atoms with E-state index in [-0.39, 0.29) is 11.3 Å². The van der Waals surface area contributed by atoms with Crippen LogP contribution in [-0.2, 0) is 5.41 Å². The lowest BCUT2D eigenvalue weighted by Gasteiger charge is -2.22. The molecule has 0 saturated heterocycles. The largest absolute Gasteiger partial charge is 0.345 e. The zero-order chi connectivity index (χ0) is 34.2. The average molecular weight is 643 g/mol. The first kappa shape index (κ1) is 30.7. The van der Waals surface area contributed by atoms with E-state index in [1.807, 2.05) is 72.9 Å². The first-order chi connectivity index (χ1) is 24.4. The molecule has 4 nitrogen and oxygen atoms in total. The predicted octanol–water partition coefficient (Wildman–Crippen LogP) is 10.8. The van der Waals surface area contributed by atoms with Gasteiger partial charge in [0.15, 0.2) is 5.84 Å². The van der Waals surface area contributed by atoms with Crippen LogP contribution in [-0.4, -0.2) is 10.8 Å². The van der Waals surface area contributed by atoms with Gasteiger partial charge in [0.1, 0.15) is 5.49 Å². The molecule has 0 spiro atoms. The van der Waals surface area contributed by atoms with E-state index in [0.717, 1.165) is 50.1 Å². The summed E-state index contributed by atoms with van der Waals surface area (Å²) < 4.78 is 0. The molecule has 1 aliphatic rings. The van der Waals surface area contributed by atoms with E-state index in [9.17, 15) is 5.26 Å². The molecule has 0 aliphatic heterocycles. The molecule has 0 bridgehead atoms. The molecular weight excluding hydrogens is 609 g/mol. The number of fused-ring (bicyclic) bond motifs is 3. The zero-order valence-corrected chi connectivity index (χ0v) is 27.9. The number of pyridine rings is 1. The first-order valence-electron chi connectivity index (χ1n) is 16.8. The fourth-order valence-corrected chi connectivity index (χ4v) is 7.10. The Morgan fingerprint density at radius 3 is 1.84 bits per heavy atom. The lowest BCUT2D eigenvalue weighted by atomic mass is 9.81. The summed E-state index contributed by atoms with van der Waals surface area (Å²) in [4.78, 5) is 8.21. The summed E-state index contributed by atoms with van der Waals surface area (Å²) in [5.74, 6) is 0.184. The van der Waals surface area contributed by atoms with Crippen LogP contribution in [0.25, 0.3) is 55.6 Å². The van der Waals surface area contributed by atoms with Gasteiger partial charge >= 0.3 is 0 Å². The molecule has 8 rings (SSSR count). The van der Waals surface area contributed by atoms with Gasteiger partial charge in [0.05, 0.1) is 11.6 Å². The normalized spacial score (nSPS) is 12.9. The van der Waals surface area contributed by atoms with Gasteiger partial charge in [0.25, 0.3) is 0 Å². The number of rotatable bonds is 5. The highest BCUT2D eigenvalue weighted by molar-refractivity contribution is 5.98. The maximum absolute atomic E-state index is 9.51. The van der Waals surface area contributed by atoms with E-state index in [0.29, 0.717) is 11.1 Å². The lowest BCUT2D eigenvalue weighted by molar-refractivity contribution is 0.660. The third-order valence-corrected chi connectivity index (χ3v) is 9.81. The smallest absolute Gasteiger partial charge is 0.154 e. The summed E-state index contributed by atoms with van der Waals surface area (Å²) in [5, 5.41) is 18.6. The molecule has 0 atom stereocenters. The average Bonchev–Trinajstić information content (AvgIpc) is 3.40. The van der Waals surface area contributed by atoms with Crippen LogP contribution >= 0.6 is 0 Å². The van der Waals surface area contributed by atoms with Crippen molar-refractivity contribution in [3.05, 3.63) is 186 Å². The van der Waals surface area contributed by atoms with Crippen LogP contribution in [0.2, 0.25) is 0 Å². The minimum Gasteiger partial charge on any atom is -0.345 e. The summed E-state index contributed by atoms with van der Waals surface area (Å²) in [6, 6.07) is 54.2. The van der Waals surface area contributed by atoms with Gasteiger partial charge in [0, 0.05) is 22.7 Å². The van der Waals surface area contributed by atoms with Gasteiger partial charge in [-0.2, -0.15) is 5.26 Å². The zero-order valence-electron chi connectivity index (χ0n) is 27.9. The Balaban J connectivity index is 1.12. The molecule has 0 amide bonds. The maximum atomic E-state index is 9.51. The molecule has 2 N–H and O–H groups in total. The molecular formula is C46H34N4. The molecule has 0 fully saturated rings. The monoisotopic (exact) mass is 642 g/mol. The number of nitriles is 1. The van der Waals surface area contributed by atoms with Crippen LogP contribution in [0.1, 0.15) is 36.1 Å². The molecule has 1 aliphatic carbocycles. The van der Waals surface area contributed by atoms with Gasteiger partial charge in [-0.05, 0) is 97.6 Å². The second kappa shape index (κ2) is 12.5. The highest BCUT2D eigenvalue weighted by Crippen LogP contribution is 2.50. The summed E-state index contributed by atoms with van der Waals surface area (Å²) in [6.45, 7) is 4.48. The SMILES string of the molecule is CC1(C)c2cc(C#N)ccc2-c2ccc(-c3cccc(-c4cccc(C(=N)N=c5[nH]cc(-c6ccccc6)cc5-c5ccccc5)c4)c3)cc21. The Hall–Kier alpha value is -6.57. The molecule has 238 valence electrons. The van der Waals surface area contributed by atoms with E-state index in [1.165, 1.54) is 22.3 Å². The second-order valence-electron chi connectivity index (χ2n) is 13.3. The maximum Gasteiger partial charge on any atom is 0.154 e. The van der Waals surface area contributed by atoms with E-state index in [1.54, 1.807) is 0 Å². The molecule has 7 aromatic rings. The Bertz CT molecular complexity index is 2530. The number of aromatic amines is 1. The van der Waals surface area contributed by atoms with Crippen LogP contribution in [0.3, 0.4) is 0 Å². The predicted molar refractivity (Wildman–Crippen MR) is 204 cm³/mol. The van der Waals surface area contributed by atoms with Gasteiger partial charge in [-0.1, -0.05) is 129 Å². The van der Waals surface area contributed by atoms with Crippen molar-refractivity contribution in [3.63, 3.8) is 0 Å². The standard InChI is InChI=1S/C46H34N4/c1-46(2)42-23-30(28-47)19-21-39(42)40-22-20-36(27-43(40)46)34-16-9-15-33(24-34)35-17-10-18-37(25-35)44(48)50-45-41(32-13-7-4-8-14-32)26-38(29-49-45)31-11-5-3-6-12-31/h3-27,29H,1-2H3,(H2,48,49,50). The molecule has 0 unspecified atom stereocenters. The van der Waals surface area contributed by atoms with Crippen molar-refractivity contribution in [2.24, 2.45) is 4.99 Å². The molecule has 6 aromatic carbocycles. The summed E-state index contributed by atoms with van der Waals surface area (Å²) in [7, 11) is 0. The van der Waals surface area contributed by atoms with E-state index < -0.39 is 0 Å². The van der Waals surface area contributed by atoms with Crippen LogP contribution in [0.4, 0.5) is 0 Å². The Morgan fingerprint density at radius 2 is 1.14 bits per heavy atom. The number of hydrogen-bond donors (Lipinski definition) is 2. The van der Waals surface area contributed by atoms with E-state index in [4.69, 9.17) is 10.4 Å². The fraction of sp³-hybridized carbons (Fsp3) is 0.0652. The molecule has 4 heteroatoms. The van der Waals surface area contributed by atoms with Crippen LogP contribution < -0.4 is 5.49 Å². The van der Waals surface area contributed by atoms with Crippen molar-refractivity contribution >= 4 is 5.84 Å². The minimum absolute atomic E-state index is 0.184. The summed E-state index contributed by atoms with van der Waals surface area (Å²) in [5.41, 5.74) is 15.3. The van der Waals surface area contributed by atoms with Gasteiger partial charge in [-0.15, -0.1) is 0 Å². The quantitative estimate of drug-likeness (QED) is 0.142. The molecule has 0 saturated carbocycles. The second-order valence-corrected chi connectivity index (χ2v) is 13.3. The fourth-order valence-electron chi connectivity index (χ4n) is 7.10. The Morgan fingerprint density at radius 1 is 0.560 bits per heavy atom. The van der Waals surface area contributed by atoms with E-state index >= 15 is 0 Å². The van der Waals surface area contributed by atoms with Gasteiger partial charge in [0.2, 0.25) is 0 Å². The van der Waals surface area contributed by atoms with Crippen LogP contribution in [0, 0.1) is 16.7 Å². The van der Waals surface area contributed by atoms with Crippen molar-refractivity contribution in [1.82, 2.24) is 4.98 Å². The highest BCUT2D eigenvalue weighted by Gasteiger charge is 2.35. The number of nitrogens with zero attached hydrogens (tertiary/aromatic N) is 2. The first-order valence-corrected chi connectivity index (χ1v) is 16.8. The topological polar surface area (TPSA) is 75.8 Å². The van der Waals surface area contributed by atoms with E-state index in [2.05, 4.69) is 110 Å². The minimum atomic E-state index is -0.205. The molecule has 1 heterocycles. The third-order valence-electron chi connectivity index (χ3n) is 9.81. The van der Waals surface area contributed by atoms with Crippen LogP contribution in [0.15, 0.2) is 163 Å². The molecule has 1 aromatic heterocycles. The number of amidine groups is 1. The number of hydrogen-bond acceptors (Lipinski definition) is 2. The number of aromatic nitrogens is 1. The van der Waals surface area contributed by atoms with Gasteiger partial charge < -0.3 is 4.98 Å². The lowest BCUT2D eigenvalue weighted by Crippen LogP contribution is -2.15. The number of benzene rings is 6. The molecule has 0 radical (unpaired) electrons. The molecule has 50 heavy (non-hydrogen) atoms. The number of H-pyrrole nitrogens is 1. The van der Waals surface area contributed by atoms with Gasteiger partial charge in [-0.3, -0.25) is 5.41 Å². The Kier molecular flexibility index (Phi) is 7.67. The van der Waals surface area contributed by atoms with Crippen molar-refractivity contribution in [2.75, 3.05) is 0 Å². The van der Waals surface area contributed by atoms with Gasteiger partial charge in [-0.25, -0.2) is 4.99 Å². The Labute approximate surface area is 292 Å². The van der Waals surface area contributed by atoms with Crippen molar-refractivity contribution in [3.8, 4) is 61.7 Å². The van der Waals surface area contributed by atoms with Crippen molar-refractivity contribution in [1.29, 1.82) is 10.7 Å². The third kappa shape index (κ3) is 5.55. The van der Waals surface area contributed by atoms with Crippen molar-refractivity contribution < 1.29 is 0 Å². The van der Waals surface area contributed by atoms with Crippen LogP contribution in [0.5, 0.6) is 0 Å². The highest BCUT2D eigenvalue weighted by atomic mass is 14.9.